The number of amides is 1. The number of hydrogen-bond acceptors (Lipinski definition) is 3. The van der Waals surface area contributed by atoms with Crippen LogP contribution in [0.5, 0.6) is 0 Å². The van der Waals surface area contributed by atoms with Crippen molar-refractivity contribution in [2.24, 2.45) is 5.92 Å². The third kappa shape index (κ3) is 4.76. The van der Waals surface area contributed by atoms with E-state index in [2.05, 4.69) is 26.6 Å². The molecule has 5 heteroatoms. The smallest absolute Gasteiger partial charge is 0.238 e. The van der Waals surface area contributed by atoms with Gasteiger partial charge in [0, 0.05) is 10.5 Å². The molecule has 1 aromatic carbocycles. The first-order valence-corrected chi connectivity index (χ1v) is 6.72. The largest absolute Gasteiger partial charge is 0.395 e. The zero-order valence-electron chi connectivity index (χ0n) is 10.6. The van der Waals surface area contributed by atoms with Gasteiger partial charge in [0.1, 0.15) is 0 Å². The van der Waals surface area contributed by atoms with Gasteiger partial charge in [0.05, 0.1) is 18.8 Å². The van der Waals surface area contributed by atoms with Crippen molar-refractivity contribution in [1.29, 1.82) is 0 Å². The quantitative estimate of drug-likeness (QED) is 0.752. The van der Waals surface area contributed by atoms with Crippen molar-refractivity contribution >= 4 is 27.5 Å². The maximum Gasteiger partial charge on any atom is 0.238 e. The summed E-state index contributed by atoms with van der Waals surface area (Å²) in [6.45, 7) is 4.21. The number of anilines is 1. The number of aliphatic hydroxyl groups is 1. The van der Waals surface area contributed by atoms with Crippen molar-refractivity contribution in [3.05, 3.63) is 28.7 Å². The second-order valence-corrected chi connectivity index (χ2v) is 5.30. The SMILES string of the molecule is CC(C)C(CO)NCC(=O)Nc1ccccc1Br. The Morgan fingerprint density at radius 3 is 2.61 bits per heavy atom. The molecule has 0 fully saturated rings. The second kappa shape index (κ2) is 7.51. The zero-order valence-corrected chi connectivity index (χ0v) is 12.2. The summed E-state index contributed by atoms with van der Waals surface area (Å²) in [4.78, 5) is 11.7. The third-order valence-corrected chi connectivity index (χ3v) is 3.37. The molecule has 0 saturated heterocycles. The molecule has 0 aliphatic heterocycles. The number of nitrogens with one attached hydrogen (secondary N) is 2. The Balaban J connectivity index is 2.45. The van der Waals surface area contributed by atoms with Crippen LogP contribution in [0.1, 0.15) is 13.8 Å². The van der Waals surface area contributed by atoms with Crippen LogP contribution in [-0.4, -0.2) is 30.2 Å². The van der Waals surface area contributed by atoms with Crippen LogP contribution in [0.2, 0.25) is 0 Å². The molecule has 0 saturated carbocycles. The summed E-state index contributed by atoms with van der Waals surface area (Å²) < 4.78 is 0.848. The van der Waals surface area contributed by atoms with E-state index < -0.39 is 0 Å². The Hall–Kier alpha value is -0.910. The molecule has 0 heterocycles. The van der Waals surface area contributed by atoms with Crippen LogP contribution in [0, 0.1) is 5.92 Å². The minimum absolute atomic E-state index is 0.0278. The summed E-state index contributed by atoms with van der Waals surface area (Å²) >= 11 is 3.37. The molecule has 4 nitrogen and oxygen atoms in total. The number of rotatable bonds is 6. The number of halogens is 1. The van der Waals surface area contributed by atoms with Gasteiger partial charge in [-0.15, -0.1) is 0 Å². The summed E-state index contributed by atoms with van der Waals surface area (Å²) in [5, 5.41) is 15.0. The summed E-state index contributed by atoms with van der Waals surface area (Å²) in [6, 6.07) is 7.38. The molecule has 1 rings (SSSR count). The third-order valence-electron chi connectivity index (χ3n) is 2.67. The van der Waals surface area contributed by atoms with E-state index >= 15 is 0 Å². The van der Waals surface area contributed by atoms with E-state index in [0.717, 1.165) is 10.2 Å². The number of aliphatic hydroxyl groups excluding tert-OH is 1. The van der Waals surface area contributed by atoms with Gasteiger partial charge in [-0.25, -0.2) is 0 Å². The molecule has 3 N–H and O–H groups in total. The van der Waals surface area contributed by atoms with Gasteiger partial charge in [0.25, 0.3) is 0 Å². The molecule has 0 radical (unpaired) electrons. The minimum Gasteiger partial charge on any atom is -0.395 e. The molecular formula is C13H19BrN2O2. The van der Waals surface area contributed by atoms with Crippen LogP contribution in [-0.2, 0) is 4.79 Å². The number of para-hydroxylation sites is 1. The average molecular weight is 315 g/mol. The summed E-state index contributed by atoms with van der Waals surface area (Å²) in [5.74, 6) is 0.160. The van der Waals surface area contributed by atoms with Gasteiger partial charge in [-0.2, -0.15) is 0 Å². The van der Waals surface area contributed by atoms with Crippen LogP contribution in [0.4, 0.5) is 5.69 Å². The Morgan fingerprint density at radius 1 is 1.39 bits per heavy atom. The fraction of sp³-hybridized carbons (Fsp3) is 0.462. The number of benzene rings is 1. The predicted octanol–water partition coefficient (Wildman–Crippen LogP) is 1.99. The standard InChI is InChI=1S/C13H19BrN2O2/c1-9(2)12(8-17)15-7-13(18)16-11-6-4-3-5-10(11)14/h3-6,9,12,15,17H,7-8H2,1-2H3,(H,16,18). The molecule has 0 aliphatic carbocycles. The van der Waals surface area contributed by atoms with Crippen molar-refractivity contribution < 1.29 is 9.90 Å². The predicted molar refractivity (Wildman–Crippen MR) is 76.5 cm³/mol. The van der Waals surface area contributed by atoms with Gasteiger partial charge in [-0.05, 0) is 34.0 Å². The van der Waals surface area contributed by atoms with Crippen molar-refractivity contribution in [3.8, 4) is 0 Å². The first-order chi connectivity index (χ1) is 8.54. The Kier molecular flexibility index (Phi) is 6.32. The molecule has 0 bridgehead atoms. The maximum atomic E-state index is 11.7. The fourth-order valence-corrected chi connectivity index (χ4v) is 1.88. The van der Waals surface area contributed by atoms with E-state index in [1.165, 1.54) is 0 Å². The Labute approximate surface area is 116 Å². The van der Waals surface area contributed by atoms with Crippen molar-refractivity contribution in [1.82, 2.24) is 5.32 Å². The lowest BCUT2D eigenvalue weighted by molar-refractivity contribution is -0.115. The average Bonchev–Trinajstić information content (AvgIpc) is 2.32. The zero-order chi connectivity index (χ0) is 13.5. The van der Waals surface area contributed by atoms with Crippen molar-refractivity contribution in [3.63, 3.8) is 0 Å². The normalized spacial score (nSPS) is 12.5. The van der Waals surface area contributed by atoms with Gasteiger partial charge >= 0.3 is 0 Å². The maximum absolute atomic E-state index is 11.7. The Morgan fingerprint density at radius 2 is 2.06 bits per heavy atom. The fourth-order valence-electron chi connectivity index (χ4n) is 1.49. The molecule has 18 heavy (non-hydrogen) atoms. The summed E-state index contributed by atoms with van der Waals surface area (Å²) in [5.41, 5.74) is 0.745. The summed E-state index contributed by atoms with van der Waals surface area (Å²) in [6.07, 6.45) is 0. The Bertz CT molecular complexity index is 396. The van der Waals surface area contributed by atoms with E-state index in [-0.39, 0.29) is 31.0 Å². The van der Waals surface area contributed by atoms with E-state index in [9.17, 15) is 4.79 Å². The monoisotopic (exact) mass is 314 g/mol. The lowest BCUT2D eigenvalue weighted by Gasteiger charge is -2.19. The lowest BCUT2D eigenvalue weighted by Crippen LogP contribution is -2.41. The molecule has 1 amide bonds. The lowest BCUT2D eigenvalue weighted by atomic mass is 10.1. The van der Waals surface area contributed by atoms with Crippen LogP contribution in [0.25, 0.3) is 0 Å². The van der Waals surface area contributed by atoms with E-state index in [1.54, 1.807) is 0 Å². The second-order valence-electron chi connectivity index (χ2n) is 4.44. The molecule has 1 unspecified atom stereocenters. The molecule has 100 valence electrons. The van der Waals surface area contributed by atoms with Gasteiger partial charge in [-0.3, -0.25) is 4.79 Å². The van der Waals surface area contributed by atoms with E-state index in [1.807, 2.05) is 38.1 Å². The number of carbonyl (C=O) groups is 1. The van der Waals surface area contributed by atoms with Gasteiger partial charge in [-0.1, -0.05) is 26.0 Å². The van der Waals surface area contributed by atoms with Crippen molar-refractivity contribution in [2.45, 2.75) is 19.9 Å². The van der Waals surface area contributed by atoms with Crippen LogP contribution in [0.3, 0.4) is 0 Å². The molecule has 0 aliphatic rings. The van der Waals surface area contributed by atoms with Gasteiger partial charge in [0.2, 0.25) is 5.91 Å². The minimum atomic E-state index is -0.124. The highest BCUT2D eigenvalue weighted by Crippen LogP contribution is 2.20. The highest BCUT2D eigenvalue weighted by atomic mass is 79.9. The first kappa shape index (κ1) is 15.1. The summed E-state index contributed by atoms with van der Waals surface area (Å²) in [7, 11) is 0. The van der Waals surface area contributed by atoms with E-state index in [4.69, 9.17) is 5.11 Å². The highest BCUT2D eigenvalue weighted by molar-refractivity contribution is 9.10. The van der Waals surface area contributed by atoms with Gasteiger partial charge in [0.15, 0.2) is 0 Å². The highest BCUT2D eigenvalue weighted by Gasteiger charge is 2.13. The molecule has 1 aromatic rings. The molecular weight excluding hydrogens is 296 g/mol. The van der Waals surface area contributed by atoms with Gasteiger partial charge < -0.3 is 15.7 Å². The van der Waals surface area contributed by atoms with Crippen LogP contribution < -0.4 is 10.6 Å². The van der Waals surface area contributed by atoms with Crippen molar-refractivity contribution in [2.75, 3.05) is 18.5 Å². The molecule has 1 atom stereocenters. The number of carbonyl (C=O) groups excluding carboxylic acids is 1. The molecule has 0 spiro atoms. The molecule has 0 aromatic heterocycles. The number of hydrogen-bond donors (Lipinski definition) is 3. The first-order valence-electron chi connectivity index (χ1n) is 5.93. The van der Waals surface area contributed by atoms with Crippen LogP contribution >= 0.6 is 15.9 Å². The van der Waals surface area contributed by atoms with E-state index in [0.29, 0.717) is 0 Å². The topological polar surface area (TPSA) is 61.4 Å². The van der Waals surface area contributed by atoms with Crippen LogP contribution in [0.15, 0.2) is 28.7 Å².